The van der Waals surface area contributed by atoms with E-state index in [9.17, 15) is 18.0 Å². The number of carbonyl (C=O) groups excluding carboxylic acids is 2. The van der Waals surface area contributed by atoms with Gasteiger partial charge in [-0.25, -0.2) is 9.29 Å². The van der Waals surface area contributed by atoms with Crippen molar-refractivity contribution in [1.29, 1.82) is 0 Å². The van der Waals surface area contributed by atoms with Gasteiger partial charge in [0.25, 0.3) is 11.8 Å². The molecular formula is C11H15N5O7S2. The fraction of sp³-hybridized carbons (Fsp3) is 0.455. The highest BCUT2D eigenvalue weighted by atomic mass is 32.2. The standard InChI is InChI=1S/C11H15N5O7S2/c1-22-3-6-8(10(18)16(6)25(19,20)21)14-9(17)7(15-23-2)5-4-24-11(12)13-5/h4,6,8H,3H2,1-2H3,(H2,12,13)(H,14,17)(H,19,20,21)/b15-7+/t6-,8-/m0/s1. The molecule has 14 heteroatoms. The first-order chi connectivity index (χ1) is 11.7. The van der Waals surface area contributed by atoms with Gasteiger partial charge in [0, 0.05) is 12.5 Å². The van der Waals surface area contributed by atoms with Crippen LogP contribution in [0.1, 0.15) is 5.69 Å². The molecule has 4 N–H and O–H groups in total. The minimum atomic E-state index is -4.76. The predicted molar refractivity (Wildman–Crippen MR) is 86.1 cm³/mol. The SMILES string of the molecule is COC[C@H]1[C@H](NC(=O)/C(=N/OC)c2csc(N)n2)C(=O)N1S(=O)(=O)O. The summed E-state index contributed by atoms with van der Waals surface area (Å²) < 4.78 is 36.6. The summed E-state index contributed by atoms with van der Waals surface area (Å²) in [7, 11) is -2.27. The number of hydrogen-bond acceptors (Lipinski definition) is 10. The van der Waals surface area contributed by atoms with Gasteiger partial charge < -0.3 is 20.6 Å². The van der Waals surface area contributed by atoms with E-state index in [1.807, 2.05) is 0 Å². The van der Waals surface area contributed by atoms with Crippen LogP contribution in [-0.4, -0.2) is 72.7 Å². The van der Waals surface area contributed by atoms with Gasteiger partial charge in [0.1, 0.15) is 24.9 Å². The maximum Gasteiger partial charge on any atom is 0.362 e. The lowest BCUT2D eigenvalue weighted by molar-refractivity contribution is -0.147. The molecular weight excluding hydrogens is 378 g/mol. The van der Waals surface area contributed by atoms with Gasteiger partial charge in [-0.05, 0) is 0 Å². The minimum absolute atomic E-state index is 0.128. The molecule has 0 aliphatic carbocycles. The molecule has 2 rings (SSSR count). The number of rotatable bonds is 7. The summed E-state index contributed by atoms with van der Waals surface area (Å²) in [6.45, 7) is -0.225. The Hall–Kier alpha value is -2.29. The number of carbonyl (C=O) groups is 2. The number of nitrogens with zero attached hydrogens (tertiary/aromatic N) is 3. The number of anilines is 1. The summed E-state index contributed by atoms with van der Waals surface area (Å²) in [6.07, 6.45) is 0. The van der Waals surface area contributed by atoms with Gasteiger partial charge >= 0.3 is 10.3 Å². The molecule has 2 heterocycles. The van der Waals surface area contributed by atoms with E-state index in [4.69, 9.17) is 15.0 Å². The van der Waals surface area contributed by atoms with Crippen molar-refractivity contribution in [1.82, 2.24) is 14.6 Å². The second-order valence-corrected chi connectivity index (χ2v) is 6.96. The summed E-state index contributed by atoms with van der Waals surface area (Å²) in [6, 6.07) is -2.33. The van der Waals surface area contributed by atoms with E-state index in [1.165, 1.54) is 19.6 Å². The Labute approximate surface area is 146 Å². The van der Waals surface area contributed by atoms with Crippen molar-refractivity contribution < 1.29 is 32.1 Å². The van der Waals surface area contributed by atoms with Gasteiger partial charge in [0.05, 0.1) is 6.61 Å². The number of aromatic nitrogens is 1. The molecule has 25 heavy (non-hydrogen) atoms. The fourth-order valence-electron chi connectivity index (χ4n) is 2.20. The van der Waals surface area contributed by atoms with E-state index in [0.29, 0.717) is 0 Å². The van der Waals surface area contributed by atoms with E-state index < -0.39 is 34.2 Å². The molecule has 0 unspecified atom stereocenters. The van der Waals surface area contributed by atoms with Crippen molar-refractivity contribution in [3.63, 3.8) is 0 Å². The third kappa shape index (κ3) is 3.87. The Bertz CT molecular complexity index is 805. The molecule has 12 nitrogen and oxygen atoms in total. The largest absolute Gasteiger partial charge is 0.398 e. The van der Waals surface area contributed by atoms with Gasteiger partial charge in [-0.3, -0.25) is 14.1 Å². The Balaban J connectivity index is 2.20. The van der Waals surface area contributed by atoms with Crippen molar-refractivity contribution in [3.8, 4) is 0 Å². The maximum absolute atomic E-state index is 12.4. The van der Waals surface area contributed by atoms with Crippen molar-refractivity contribution in [2.75, 3.05) is 26.6 Å². The van der Waals surface area contributed by atoms with Gasteiger partial charge in [0.15, 0.2) is 10.8 Å². The number of nitrogens with one attached hydrogen (secondary N) is 1. The lowest BCUT2D eigenvalue weighted by atomic mass is 9.99. The van der Waals surface area contributed by atoms with Crippen molar-refractivity contribution in [2.45, 2.75) is 12.1 Å². The van der Waals surface area contributed by atoms with Crippen LogP contribution in [0.25, 0.3) is 0 Å². The Kier molecular flexibility index (Phi) is 5.56. The molecule has 2 amide bonds. The number of methoxy groups -OCH3 is 1. The van der Waals surface area contributed by atoms with E-state index in [0.717, 1.165) is 11.3 Å². The molecule has 2 atom stereocenters. The second kappa shape index (κ2) is 7.30. The number of oxime groups is 1. The number of ether oxygens (including phenoxy) is 1. The molecule has 0 radical (unpaired) electrons. The van der Waals surface area contributed by atoms with Crippen molar-refractivity contribution in [3.05, 3.63) is 11.1 Å². The van der Waals surface area contributed by atoms with Crippen LogP contribution in [0.3, 0.4) is 0 Å². The molecule has 1 saturated heterocycles. The summed E-state index contributed by atoms with van der Waals surface area (Å²) in [5, 5.41) is 7.54. The Morgan fingerprint density at radius 3 is 2.72 bits per heavy atom. The number of thiazole rings is 1. The van der Waals surface area contributed by atoms with Crippen LogP contribution in [0, 0.1) is 0 Å². The third-order valence-corrected chi connectivity index (χ3v) is 4.83. The van der Waals surface area contributed by atoms with Gasteiger partial charge in [-0.15, -0.1) is 11.3 Å². The third-order valence-electron chi connectivity index (χ3n) is 3.20. The maximum atomic E-state index is 12.4. The average Bonchev–Trinajstić information content (AvgIpc) is 2.94. The zero-order valence-corrected chi connectivity index (χ0v) is 14.7. The number of nitrogen functional groups attached to an aromatic ring is 1. The van der Waals surface area contributed by atoms with E-state index in [2.05, 4.69) is 20.3 Å². The Morgan fingerprint density at radius 2 is 2.24 bits per heavy atom. The van der Waals surface area contributed by atoms with E-state index in [1.54, 1.807) is 0 Å². The highest BCUT2D eigenvalue weighted by Crippen LogP contribution is 2.24. The second-order valence-electron chi connectivity index (χ2n) is 4.78. The molecule has 1 aliphatic rings. The van der Waals surface area contributed by atoms with E-state index in [-0.39, 0.29) is 27.4 Å². The summed E-state index contributed by atoms with van der Waals surface area (Å²) in [4.78, 5) is 32.8. The molecule has 0 spiro atoms. The highest BCUT2D eigenvalue weighted by molar-refractivity contribution is 7.84. The first-order valence-corrected chi connectivity index (χ1v) is 8.91. The number of amides is 2. The van der Waals surface area contributed by atoms with Crippen LogP contribution in [0.15, 0.2) is 10.5 Å². The summed E-state index contributed by atoms with van der Waals surface area (Å²) in [5.74, 6) is -1.84. The van der Waals surface area contributed by atoms with Crippen molar-refractivity contribution in [2.24, 2.45) is 5.16 Å². The minimum Gasteiger partial charge on any atom is -0.398 e. The first-order valence-electron chi connectivity index (χ1n) is 6.63. The molecule has 1 aromatic rings. The van der Waals surface area contributed by atoms with Crippen LogP contribution in [0.2, 0.25) is 0 Å². The van der Waals surface area contributed by atoms with Gasteiger partial charge in [0.2, 0.25) is 0 Å². The van der Waals surface area contributed by atoms with Crippen LogP contribution in [0.4, 0.5) is 5.13 Å². The van der Waals surface area contributed by atoms with Crippen LogP contribution in [-0.2, 0) is 29.5 Å². The molecule has 1 fully saturated rings. The van der Waals surface area contributed by atoms with Crippen LogP contribution < -0.4 is 11.1 Å². The molecule has 0 aromatic carbocycles. The molecule has 1 aromatic heterocycles. The number of β-lactam (4-membered cyclic amide) rings is 1. The van der Waals surface area contributed by atoms with Crippen LogP contribution >= 0.6 is 11.3 Å². The molecule has 0 bridgehead atoms. The van der Waals surface area contributed by atoms with Gasteiger partial charge in [-0.1, -0.05) is 5.16 Å². The topological polar surface area (TPSA) is 174 Å². The van der Waals surface area contributed by atoms with Gasteiger partial charge in [-0.2, -0.15) is 8.42 Å². The highest BCUT2D eigenvalue weighted by Gasteiger charge is 2.54. The normalized spacial score (nSPS) is 21.0. The summed E-state index contributed by atoms with van der Waals surface area (Å²) >= 11 is 1.07. The quantitative estimate of drug-likeness (QED) is 0.209. The summed E-state index contributed by atoms with van der Waals surface area (Å²) in [5.41, 5.74) is 5.39. The van der Waals surface area contributed by atoms with Crippen LogP contribution in [0.5, 0.6) is 0 Å². The lowest BCUT2D eigenvalue weighted by Crippen LogP contribution is -2.73. The van der Waals surface area contributed by atoms with E-state index >= 15 is 0 Å². The lowest BCUT2D eigenvalue weighted by Gasteiger charge is -2.43. The monoisotopic (exact) mass is 393 g/mol. The molecule has 138 valence electrons. The zero-order valence-electron chi connectivity index (χ0n) is 13.1. The smallest absolute Gasteiger partial charge is 0.362 e. The average molecular weight is 393 g/mol. The zero-order chi connectivity index (χ0) is 18.8. The molecule has 1 aliphatic heterocycles. The Morgan fingerprint density at radius 1 is 1.56 bits per heavy atom. The number of hydrogen-bond donors (Lipinski definition) is 3. The predicted octanol–water partition coefficient (Wildman–Crippen LogP) is -1.78. The van der Waals surface area contributed by atoms with Crippen molar-refractivity contribution >= 4 is 44.3 Å². The first kappa shape index (κ1) is 19.0. The molecule has 0 saturated carbocycles. The fourth-order valence-corrected chi connectivity index (χ4v) is 3.61. The number of nitrogens with two attached hydrogens (primary N) is 1.